The smallest absolute Gasteiger partial charge is 0.327 e. The lowest BCUT2D eigenvalue weighted by molar-refractivity contribution is -0.140. The van der Waals surface area contributed by atoms with Gasteiger partial charge in [0.2, 0.25) is 0 Å². The fourth-order valence-electron chi connectivity index (χ4n) is 2.03. The van der Waals surface area contributed by atoms with Gasteiger partial charge in [0.1, 0.15) is 11.6 Å². The molecule has 1 aliphatic rings. The van der Waals surface area contributed by atoms with Gasteiger partial charge < -0.3 is 14.5 Å². The highest BCUT2D eigenvalue weighted by Gasteiger charge is 2.37. The van der Waals surface area contributed by atoms with Crippen molar-refractivity contribution in [3.05, 3.63) is 17.0 Å². The number of amides is 1. The molecule has 0 aromatic carbocycles. The van der Waals surface area contributed by atoms with Gasteiger partial charge in [0, 0.05) is 11.7 Å². The highest BCUT2D eigenvalue weighted by atomic mass is 32.2. The third-order valence-corrected chi connectivity index (χ3v) is 4.07. The first-order valence-corrected chi connectivity index (χ1v) is 7.16. The maximum absolute atomic E-state index is 12.5. The number of aliphatic carboxylic acids is 1. The molecule has 6 nitrogen and oxygen atoms in total. The first kappa shape index (κ1) is 13.9. The Morgan fingerprint density at radius 3 is 2.79 bits per heavy atom. The Morgan fingerprint density at radius 2 is 2.21 bits per heavy atom. The van der Waals surface area contributed by atoms with Gasteiger partial charge in [-0.2, -0.15) is 0 Å². The molecule has 1 aliphatic heterocycles. The molecule has 1 fully saturated rings. The van der Waals surface area contributed by atoms with Crippen LogP contribution in [0.5, 0.6) is 0 Å². The van der Waals surface area contributed by atoms with Crippen LogP contribution in [0.2, 0.25) is 0 Å². The molecule has 1 aromatic rings. The molecular formula is C12H16N2O4S. The Morgan fingerprint density at radius 1 is 1.53 bits per heavy atom. The normalized spacial score (nSPS) is 19.2. The topological polar surface area (TPSA) is 83.6 Å². The molecule has 0 aliphatic carbocycles. The lowest BCUT2D eigenvalue weighted by Crippen LogP contribution is -2.42. The summed E-state index contributed by atoms with van der Waals surface area (Å²) in [6.45, 7) is 5.51. The van der Waals surface area contributed by atoms with E-state index in [4.69, 9.17) is 9.63 Å². The maximum atomic E-state index is 12.5. The van der Waals surface area contributed by atoms with Crippen LogP contribution >= 0.6 is 11.8 Å². The van der Waals surface area contributed by atoms with Crippen molar-refractivity contribution in [2.45, 2.75) is 32.7 Å². The van der Waals surface area contributed by atoms with Crippen molar-refractivity contribution in [1.82, 2.24) is 10.1 Å². The highest BCUT2D eigenvalue weighted by molar-refractivity contribution is 7.99. The fraction of sp³-hybridized carbons (Fsp3) is 0.583. The molecule has 2 heterocycles. The first-order chi connectivity index (χ1) is 8.93. The summed E-state index contributed by atoms with van der Waals surface area (Å²) in [4.78, 5) is 25.0. The number of nitrogens with zero attached hydrogens (tertiary/aromatic N) is 2. The molecule has 1 N–H and O–H groups in total. The molecule has 0 spiro atoms. The van der Waals surface area contributed by atoms with E-state index < -0.39 is 12.0 Å². The van der Waals surface area contributed by atoms with Crippen LogP contribution in [-0.4, -0.2) is 44.7 Å². The average molecular weight is 284 g/mol. The first-order valence-electron chi connectivity index (χ1n) is 6.01. The second-order valence-electron chi connectivity index (χ2n) is 4.79. The molecule has 1 aromatic heterocycles. The lowest BCUT2D eigenvalue weighted by Gasteiger charge is -2.20. The summed E-state index contributed by atoms with van der Waals surface area (Å²) in [6, 6.07) is -0.771. The zero-order valence-electron chi connectivity index (χ0n) is 11.0. The van der Waals surface area contributed by atoms with E-state index in [2.05, 4.69) is 5.16 Å². The minimum absolute atomic E-state index is 0.0266. The van der Waals surface area contributed by atoms with Gasteiger partial charge >= 0.3 is 5.97 Å². The molecule has 1 unspecified atom stereocenters. The van der Waals surface area contributed by atoms with Gasteiger partial charge in [-0.15, -0.1) is 11.8 Å². The van der Waals surface area contributed by atoms with E-state index >= 15 is 0 Å². The van der Waals surface area contributed by atoms with Gasteiger partial charge in [-0.3, -0.25) is 4.79 Å². The Bertz CT molecular complexity index is 512. The minimum Gasteiger partial charge on any atom is -0.480 e. The van der Waals surface area contributed by atoms with Crippen molar-refractivity contribution in [1.29, 1.82) is 0 Å². The standard InChI is InChI=1S/C12H16N2O4S/c1-6(2)10-9(7(3)13-18-10)11(15)14-5-19-4-8(14)12(16)17/h6,8H,4-5H2,1-3H3,(H,16,17). The van der Waals surface area contributed by atoms with E-state index in [1.165, 1.54) is 16.7 Å². The number of carboxylic acids is 1. The Kier molecular flexibility index (Phi) is 3.84. The predicted molar refractivity (Wildman–Crippen MR) is 70.2 cm³/mol. The second kappa shape index (κ2) is 5.24. The molecule has 1 amide bonds. The summed E-state index contributed by atoms with van der Waals surface area (Å²) >= 11 is 1.44. The van der Waals surface area contributed by atoms with Crippen molar-refractivity contribution >= 4 is 23.6 Å². The van der Waals surface area contributed by atoms with Crippen molar-refractivity contribution < 1.29 is 19.2 Å². The van der Waals surface area contributed by atoms with E-state index in [-0.39, 0.29) is 11.8 Å². The van der Waals surface area contributed by atoms with Crippen LogP contribution in [0, 0.1) is 6.92 Å². The van der Waals surface area contributed by atoms with Crippen LogP contribution in [0.15, 0.2) is 4.52 Å². The van der Waals surface area contributed by atoms with Crippen LogP contribution in [0.25, 0.3) is 0 Å². The van der Waals surface area contributed by atoms with Crippen molar-refractivity contribution in [3.8, 4) is 0 Å². The van der Waals surface area contributed by atoms with Crippen molar-refractivity contribution in [3.63, 3.8) is 0 Å². The molecule has 2 rings (SSSR count). The number of carbonyl (C=O) groups is 2. The zero-order chi connectivity index (χ0) is 14.2. The van der Waals surface area contributed by atoms with E-state index in [0.717, 1.165) is 0 Å². The summed E-state index contributed by atoms with van der Waals surface area (Å²) in [5.41, 5.74) is 0.915. The molecule has 104 valence electrons. The molecule has 7 heteroatoms. The van der Waals surface area contributed by atoms with E-state index in [1.54, 1.807) is 6.92 Å². The van der Waals surface area contributed by atoms with Crippen LogP contribution in [-0.2, 0) is 4.79 Å². The Hall–Kier alpha value is -1.50. The maximum Gasteiger partial charge on any atom is 0.327 e. The van der Waals surface area contributed by atoms with Crippen molar-refractivity contribution in [2.75, 3.05) is 11.6 Å². The number of aryl methyl sites for hydroxylation is 1. The molecule has 0 bridgehead atoms. The highest BCUT2D eigenvalue weighted by Crippen LogP contribution is 2.28. The Labute approximate surface area is 115 Å². The number of aromatic nitrogens is 1. The number of carbonyl (C=O) groups excluding carboxylic acids is 1. The largest absolute Gasteiger partial charge is 0.480 e. The summed E-state index contributed by atoms with van der Waals surface area (Å²) in [5.74, 6) is 0.0704. The van der Waals surface area contributed by atoms with E-state index in [0.29, 0.717) is 28.6 Å². The number of thioether (sulfide) groups is 1. The third kappa shape index (κ3) is 2.47. The summed E-state index contributed by atoms with van der Waals surface area (Å²) in [7, 11) is 0. The van der Waals surface area contributed by atoms with E-state index in [9.17, 15) is 9.59 Å². The van der Waals surface area contributed by atoms with Gasteiger partial charge in [0.25, 0.3) is 5.91 Å². The molecular weight excluding hydrogens is 268 g/mol. The van der Waals surface area contributed by atoms with Gasteiger partial charge in [-0.05, 0) is 6.92 Å². The fourth-order valence-corrected chi connectivity index (χ4v) is 3.18. The summed E-state index contributed by atoms with van der Waals surface area (Å²) < 4.78 is 5.18. The summed E-state index contributed by atoms with van der Waals surface area (Å²) in [5, 5.41) is 13.0. The molecule has 0 saturated carbocycles. The zero-order valence-corrected chi connectivity index (χ0v) is 11.9. The van der Waals surface area contributed by atoms with Gasteiger partial charge in [-0.1, -0.05) is 19.0 Å². The van der Waals surface area contributed by atoms with Crippen molar-refractivity contribution in [2.24, 2.45) is 0 Å². The molecule has 1 atom stereocenters. The van der Waals surface area contributed by atoms with Crippen LogP contribution in [0.4, 0.5) is 0 Å². The summed E-state index contributed by atoms with van der Waals surface area (Å²) in [6.07, 6.45) is 0. The molecule has 1 saturated heterocycles. The quantitative estimate of drug-likeness (QED) is 0.909. The van der Waals surface area contributed by atoms with Gasteiger partial charge in [-0.25, -0.2) is 4.79 Å². The van der Waals surface area contributed by atoms with E-state index in [1.807, 2.05) is 13.8 Å². The lowest BCUT2D eigenvalue weighted by atomic mass is 10.0. The second-order valence-corrected chi connectivity index (χ2v) is 5.79. The number of hydrogen-bond acceptors (Lipinski definition) is 5. The van der Waals surface area contributed by atoms with Gasteiger partial charge in [0.05, 0.1) is 11.6 Å². The minimum atomic E-state index is -0.974. The molecule has 0 radical (unpaired) electrons. The predicted octanol–water partition coefficient (Wildman–Crippen LogP) is 1.71. The number of carboxylic acid groups (broad SMARTS) is 1. The van der Waals surface area contributed by atoms with Crippen LogP contribution < -0.4 is 0 Å². The monoisotopic (exact) mass is 284 g/mol. The third-order valence-electron chi connectivity index (χ3n) is 3.06. The Balaban J connectivity index is 2.34. The molecule has 19 heavy (non-hydrogen) atoms. The SMILES string of the molecule is Cc1noc(C(C)C)c1C(=O)N1CSCC1C(=O)O. The van der Waals surface area contributed by atoms with Crippen LogP contribution in [0.1, 0.15) is 41.6 Å². The number of hydrogen-bond donors (Lipinski definition) is 1. The number of rotatable bonds is 3. The average Bonchev–Trinajstić information content (AvgIpc) is 2.93. The van der Waals surface area contributed by atoms with Crippen LogP contribution in [0.3, 0.4) is 0 Å². The van der Waals surface area contributed by atoms with Gasteiger partial charge in [0.15, 0.2) is 5.76 Å².